The zero-order chi connectivity index (χ0) is 12.1. The van der Waals surface area contributed by atoms with Crippen LogP contribution in [0.1, 0.15) is 38.6 Å². The van der Waals surface area contributed by atoms with Gasteiger partial charge in [0.1, 0.15) is 11.8 Å². The highest BCUT2D eigenvalue weighted by molar-refractivity contribution is 5.33. The molecule has 16 heavy (non-hydrogen) atoms. The predicted molar refractivity (Wildman–Crippen MR) is 64.0 cm³/mol. The first-order valence-corrected chi connectivity index (χ1v) is 5.53. The average Bonchev–Trinajstić information content (AvgIpc) is 2.14. The highest BCUT2D eigenvalue weighted by Crippen LogP contribution is 2.10. The summed E-state index contributed by atoms with van der Waals surface area (Å²) < 4.78 is 0. The Morgan fingerprint density at radius 2 is 2.06 bits per heavy atom. The van der Waals surface area contributed by atoms with Gasteiger partial charge in [-0.15, -0.1) is 0 Å². The van der Waals surface area contributed by atoms with Crippen molar-refractivity contribution in [2.75, 3.05) is 5.32 Å². The fraction of sp³-hybridized carbons (Fsp3) is 0.583. The van der Waals surface area contributed by atoms with Gasteiger partial charge in [0.2, 0.25) is 5.95 Å². The van der Waals surface area contributed by atoms with Crippen LogP contribution in [0.5, 0.6) is 0 Å². The number of nitrogens with zero attached hydrogens (tertiary/aromatic N) is 3. The Morgan fingerprint density at radius 1 is 1.38 bits per heavy atom. The third-order valence-electron chi connectivity index (χ3n) is 2.17. The molecule has 0 spiro atoms. The number of aromatic nitrogens is 2. The second-order valence-corrected chi connectivity index (χ2v) is 4.50. The largest absolute Gasteiger partial charge is 0.352 e. The van der Waals surface area contributed by atoms with Crippen LogP contribution in [-0.2, 0) is 0 Å². The van der Waals surface area contributed by atoms with E-state index in [4.69, 9.17) is 5.26 Å². The minimum atomic E-state index is 0.313. The van der Waals surface area contributed by atoms with Crippen LogP contribution in [0.15, 0.2) is 6.07 Å². The first-order valence-electron chi connectivity index (χ1n) is 5.53. The summed E-state index contributed by atoms with van der Waals surface area (Å²) in [5.41, 5.74) is 1.22. The molecule has 0 saturated carbocycles. The van der Waals surface area contributed by atoms with Crippen LogP contribution in [0.4, 0.5) is 5.95 Å². The van der Waals surface area contributed by atoms with Gasteiger partial charge in [0, 0.05) is 11.7 Å². The lowest BCUT2D eigenvalue weighted by Gasteiger charge is -2.15. The summed E-state index contributed by atoms with van der Waals surface area (Å²) in [7, 11) is 0. The molecule has 0 amide bonds. The molecule has 1 heterocycles. The Morgan fingerprint density at radius 3 is 2.62 bits per heavy atom. The van der Waals surface area contributed by atoms with Crippen molar-refractivity contribution in [2.24, 2.45) is 5.92 Å². The number of anilines is 1. The van der Waals surface area contributed by atoms with E-state index in [9.17, 15) is 0 Å². The SMILES string of the molecule is Cc1cc(C#N)nc(NC(C)CC(C)C)n1. The maximum absolute atomic E-state index is 8.80. The van der Waals surface area contributed by atoms with Crippen molar-refractivity contribution in [1.82, 2.24) is 9.97 Å². The number of nitrogens with one attached hydrogen (secondary N) is 1. The van der Waals surface area contributed by atoms with Gasteiger partial charge in [0.15, 0.2) is 0 Å². The van der Waals surface area contributed by atoms with Crippen LogP contribution in [0.2, 0.25) is 0 Å². The van der Waals surface area contributed by atoms with E-state index in [2.05, 4.69) is 36.1 Å². The second-order valence-electron chi connectivity index (χ2n) is 4.50. The topological polar surface area (TPSA) is 61.6 Å². The van der Waals surface area contributed by atoms with Gasteiger partial charge in [-0.3, -0.25) is 0 Å². The van der Waals surface area contributed by atoms with Crippen LogP contribution in [0.25, 0.3) is 0 Å². The highest BCUT2D eigenvalue weighted by Gasteiger charge is 2.07. The maximum atomic E-state index is 8.80. The lowest BCUT2D eigenvalue weighted by molar-refractivity contribution is 0.537. The van der Waals surface area contributed by atoms with Gasteiger partial charge >= 0.3 is 0 Å². The normalized spacial score (nSPS) is 12.2. The first kappa shape index (κ1) is 12.4. The molecule has 1 atom stereocenters. The summed E-state index contributed by atoms with van der Waals surface area (Å²) in [5.74, 6) is 1.17. The lowest BCUT2D eigenvalue weighted by Crippen LogP contribution is -2.19. The van der Waals surface area contributed by atoms with Crippen molar-refractivity contribution in [1.29, 1.82) is 5.26 Å². The van der Waals surface area contributed by atoms with Crippen LogP contribution in [0.3, 0.4) is 0 Å². The molecule has 1 aromatic rings. The fourth-order valence-corrected chi connectivity index (χ4v) is 1.68. The summed E-state index contributed by atoms with van der Waals surface area (Å²) >= 11 is 0. The molecule has 4 heteroatoms. The maximum Gasteiger partial charge on any atom is 0.224 e. The molecule has 4 nitrogen and oxygen atoms in total. The molecule has 1 N–H and O–H groups in total. The van der Waals surface area contributed by atoms with Crippen LogP contribution in [-0.4, -0.2) is 16.0 Å². The monoisotopic (exact) mass is 218 g/mol. The number of hydrogen-bond donors (Lipinski definition) is 1. The van der Waals surface area contributed by atoms with E-state index < -0.39 is 0 Å². The van der Waals surface area contributed by atoms with Crippen LogP contribution < -0.4 is 5.32 Å². The minimum absolute atomic E-state index is 0.313. The number of rotatable bonds is 4. The number of aryl methyl sites for hydroxylation is 1. The van der Waals surface area contributed by atoms with E-state index in [0.29, 0.717) is 23.6 Å². The van der Waals surface area contributed by atoms with Crippen molar-refractivity contribution in [2.45, 2.75) is 40.2 Å². The molecule has 0 aliphatic rings. The average molecular weight is 218 g/mol. The van der Waals surface area contributed by atoms with Crippen LogP contribution in [0, 0.1) is 24.2 Å². The molecule has 0 fully saturated rings. The molecule has 0 saturated heterocycles. The lowest BCUT2D eigenvalue weighted by atomic mass is 10.1. The zero-order valence-corrected chi connectivity index (χ0v) is 10.3. The van der Waals surface area contributed by atoms with Gasteiger partial charge in [0.25, 0.3) is 0 Å². The van der Waals surface area contributed by atoms with Crippen molar-refractivity contribution in [3.05, 3.63) is 17.5 Å². The van der Waals surface area contributed by atoms with E-state index in [-0.39, 0.29) is 0 Å². The van der Waals surface area contributed by atoms with Gasteiger partial charge in [-0.2, -0.15) is 5.26 Å². The van der Waals surface area contributed by atoms with Crippen molar-refractivity contribution in [3.8, 4) is 6.07 Å². The van der Waals surface area contributed by atoms with Gasteiger partial charge in [-0.05, 0) is 32.3 Å². The first-order chi connectivity index (χ1) is 7.51. The molecular weight excluding hydrogens is 200 g/mol. The van der Waals surface area contributed by atoms with Crippen LogP contribution >= 0.6 is 0 Å². The summed E-state index contributed by atoms with van der Waals surface area (Å²) in [6.07, 6.45) is 1.05. The molecule has 0 radical (unpaired) electrons. The van der Waals surface area contributed by atoms with Gasteiger partial charge in [0.05, 0.1) is 0 Å². The number of nitriles is 1. The van der Waals surface area contributed by atoms with Crippen molar-refractivity contribution in [3.63, 3.8) is 0 Å². The summed E-state index contributed by atoms with van der Waals surface area (Å²) in [6, 6.07) is 4.02. The van der Waals surface area contributed by atoms with Crippen molar-refractivity contribution >= 4 is 5.95 Å². The Balaban J connectivity index is 2.74. The van der Waals surface area contributed by atoms with Gasteiger partial charge in [-0.25, -0.2) is 9.97 Å². The minimum Gasteiger partial charge on any atom is -0.352 e. The molecule has 0 aliphatic carbocycles. The standard InChI is InChI=1S/C12H18N4/c1-8(2)5-9(3)14-12-15-10(4)6-11(7-13)16-12/h6,8-9H,5H2,1-4H3,(H,14,15,16). The molecule has 1 aromatic heterocycles. The number of hydrogen-bond acceptors (Lipinski definition) is 4. The summed E-state index contributed by atoms with van der Waals surface area (Å²) in [6.45, 7) is 8.31. The zero-order valence-electron chi connectivity index (χ0n) is 10.3. The summed E-state index contributed by atoms with van der Waals surface area (Å²) in [4.78, 5) is 8.37. The molecule has 1 unspecified atom stereocenters. The molecule has 0 bridgehead atoms. The smallest absolute Gasteiger partial charge is 0.224 e. The highest BCUT2D eigenvalue weighted by atomic mass is 15.1. The molecule has 1 rings (SSSR count). The molecular formula is C12H18N4. The van der Waals surface area contributed by atoms with E-state index >= 15 is 0 Å². The van der Waals surface area contributed by atoms with Gasteiger partial charge < -0.3 is 5.32 Å². The molecule has 86 valence electrons. The molecule has 0 aromatic carbocycles. The van der Waals surface area contributed by atoms with E-state index in [1.807, 2.05) is 13.0 Å². The fourth-order valence-electron chi connectivity index (χ4n) is 1.68. The third-order valence-corrected chi connectivity index (χ3v) is 2.17. The Bertz CT molecular complexity index is 392. The second kappa shape index (κ2) is 5.45. The van der Waals surface area contributed by atoms with Crippen molar-refractivity contribution < 1.29 is 0 Å². The van der Waals surface area contributed by atoms with E-state index in [1.165, 1.54) is 0 Å². The van der Waals surface area contributed by atoms with E-state index in [0.717, 1.165) is 12.1 Å². The Hall–Kier alpha value is -1.63. The molecule has 0 aliphatic heterocycles. The Labute approximate surface area is 96.7 Å². The predicted octanol–water partition coefficient (Wildman–Crippen LogP) is 2.50. The van der Waals surface area contributed by atoms with Gasteiger partial charge in [-0.1, -0.05) is 13.8 Å². The third kappa shape index (κ3) is 3.85. The van der Waals surface area contributed by atoms with E-state index in [1.54, 1.807) is 6.07 Å². The Kier molecular flexibility index (Phi) is 4.24. The summed E-state index contributed by atoms with van der Waals surface area (Å²) in [5, 5.41) is 12.0. The quantitative estimate of drug-likeness (QED) is 0.843.